The van der Waals surface area contributed by atoms with Gasteiger partial charge in [-0.1, -0.05) is 0 Å². The first-order valence-corrected chi connectivity index (χ1v) is 16.1. The molecule has 3 aliphatic rings. The zero-order valence-electron chi connectivity index (χ0n) is 28.3. The van der Waals surface area contributed by atoms with Crippen molar-refractivity contribution in [3.05, 3.63) is 11.8 Å². The summed E-state index contributed by atoms with van der Waals surface area (Å²) in [4.78, 5) is 27.3. The average molecular weight is 693 g/mol. The molecule has 0 aromatic rings. The number of rotatable bonds is 13. The highest BCUT2D eigenvalue weighted by Gasteiger charge is 2.66. The van der Waals surface area contributed by atoms with Gasteiger partial charge in [-0.3, -0.25) is 4.79 Å². The summed E-state index contributed by atoms with van der Waals surface area (Å²) in [5, 5.41) is 57.5. The first-order chi connectivity index (χ1) is 22.2. The first kappa shape index (κ1) is 40.5. The highest BCUT2D eigenvalue weighted by atomic mass is 16.7. The van der Waals surface area contributed by atoms with E-state index >= 15 is 0 Å². The van der Waals surface area contributed by atoms with E-state index in [-0.39, 0.29) is 32.4 Å². The third-order valence-electron chi connectivity index (χ3n) is 9.12. The summed E-state index contributed by atoms with van der Waals surface area (Å²) < 4.78 is 29.3. The normalized spacial score (nSPS) is 40.4. The molecule has 3 rings (SSSR count). The van der Waals surface area contributed by atoms with Crippen LogP contribution in [-0.2, 0) is 33.3 Å². The predicted molar refractivity (Wildman–Crippen MR) is 169 cm³/mol. The molecule has 1 aliphatic carbocycles. The van der Waals surface area contributed by atoms with E-state index in [0.717, 1.165) is 0 Å². The second-order valence-electron chi connectivity index (χ2n) is 14.1. The minimum Gasteiger partial charge on any atom is -0.466 e. The Hall–Kier alpha value is -1.88. The van der Waals surface area contributed by atoms with Gasteiger partial charge in [0.2, 0.25) is 6.29 Å². The van der Waals surface area contributed by atoms with Crippen molar-refractivity contribution in [1.82, 2.24) is 5.32 Å². The highest BCUT2D eigenvalue weighted by molar-refractivity contribution is 5.93. The monoisotopic (exact) mass is 692 g/mol. The standard InChI is InChI=1S/C30H56N6O12/c1-27(2,3)48-26(42)30(36-5)22(41)25(44-13-28(30,4)43)47-23-19(39)20(16(34)12-29(23,35)21(40)17(38)8-10-31)46-24-15(33)6-7-18(45-24)14(32)9-11-37/h7,14-17,19-20,22-25,36-39,41,43H,6,8-13,31-35H2,1-5H3/t14?,15-,16+,17-,19+,20-,22+,23-,24-,25-,28+,29+,30+/m1/s1. The fourth-order valence-electron chi connectivity index (χ4n) is 6.46. The van der Waals surface area contributed by atoms with Gasteiger partial charge in [0.1, 0.15) is 53.0 Å². The quantitative estimate of drug-likeness (QED) is 0.0807. The van der Waals surface area contributed by atoms with Gasteiger partial charge < -0.3 is 83.2 Å². The molecule has 0 bridgehead atoms. The summed E-state index contributed by atoms with van der Waals surface area (Å²) in [7, 11) is 1.32. The Labute approximate surface area is 280 Å². The minimum absolute atomic E-state index is 0.0693. The Morgan fingerprint density at radius 1 is 1.15 bits per heavy atom. The Morgan fingerprint density at radius 3 is 2.35 bits per heavy atom. The first-order valence-electron chi connectivity index (χ1n) is 16.1. The van der Waals surface area contributed by atoms with Gasteiger partial charge in [0.25, 0.3) is 0 Å². The number of carbonyl (C=O) groups is 2. The van der Waals surface area contributed by atoms with Gasteiger partial charge in [0.05, 0.1) is 18.7 Å². The Balaban J connectivity index is 2.01. The zero-order chi connectivity index (χ0) is 36.4. The zero-order valence-corrected chi connectivity index (χ0v) is 28.3. The summed E-state index contributed by atoms with van der Waals surface area (Å²) in [6, 6.07) is -2.54. The van der Waals surface area contributed by atoms with Crippen molar-refractivity contribution in [1.29, 1.82) is 0 Å². The second kappa shape index (κ2) is 15.6. The van der Waals surface area contributed by atoms with Crippen LogP contribution in [-0.4, -0.2) is 148 Å². The molecule has 0 aromatic heterocycles. The molecule has 0 spiro atoms. The van der Waals surface area contributed by atoms with Crippen LogP contribution in [0.5, 0.6) is 0 Å². The molecule has 0 aromatic carbocycles. The van der Waals surface area contributed by atoms with Crippen molar-refractivity contribution in [2.45, 2.75) is 137 Å². The molecule has 48 heavy (non-hydrogen) atoms. The summed E-state index contributed by atoms with van der Waals surface area (Å²) >= 11 is 0. The van der Waals surface area contributed by atoms with Crippen LogP contribution in [0.15, 0.2) is 11.8 Å². The lowest BCUT2D eigenvalue weighted by molar-refractivity contribution is -0.323. The van der Waals surface area contributed by atoms with E-state index in [1.54, 1.807) is 26.8 Å². The molecule has 2 heterocycles. The van der Waals surface area contributed by atoms with Crippen LogP contribution >= 0.6 is 0 Å². The summed E-state index contributed by atoms with van der Waals surface area (Å²) in [6.45, 7) is 5.23. The number of hydrogen-bond donors (Lipinski definition) is 11. The Morgan fingerprint density at radius 2 is 1.79 bits per heavy atom. The van der Waals surface area contributed by atoms with Crippen LogP contribution in [0.1, 0.15) is 53.4 Å². The van der Waals surface area contributed by atoms with Crippen LogP contribution in [0.2, 0.25) is 0 Å². The van der Waals surface area contributed by atoms with Gasteiger partial charge in [-0.15, -0.1) is 0 Å². The van der Waals surface area contributed by atoms with Crippen LogP contribution < -0.4 is 34.0 Å². The molecule has 16 N–H and O–H groups in total. The molecule has 2 fully saturated rings. The van der Waals surface area contributed by atoms with E-state index in [0.29, 0.717) is 5.76 Å². The van der Waals surface area contributed by atoms with Crippen LogP contribution in [0, 0.1) is 0 Å². The molecule has 0 radical (unpaired) electrons. The van der Waals surface area contributed by atoms with Gasteiger partial charge in [0, 0.05) is 12.6 Å². The number of nitrogens with two attached hydrogens (primary N) is 5. The SMILES string of the molecule is CN[C@]1(C(=O)OC(C)(C)C)[C@@H](O)[C@@H](O[C@@H]2[C@@H](O)[C@H](O[C@H]3OC(C(N)CCO)=CC[C@H]3N)[C@@H](N)C[C@]2(N)C(=O)[C@H](O)CCN)OC[C@]1(C)O. The van der Waals surface area contributed by atoms with Crippen molar-refractivity contribution in [3.8, 4) is 0 Å². The van der Waals surface area contributed by atoms with Gasteiger partial charge in [-0.2, -0.15) is 0 Å². The fourth-order valence-corrected chi connectivity index (χ4v) is 6.46. The minimum atomic E-state index is -2.23. The van der Waals surface area contributed by atoms with Gasteiger partial charge in [-0.05, 0) is 73.0 Å². The third-order valence-corrected chi connectivity index (χ3v) is 9.12. The lowest BCUT2D eigenvalue weighted by Crippen LogP contribution is -2.80. The number of aliphatic hydroxyl groups excluding tert-OH is 4. The molecule has 0 amide bonds. The van der Waals surface area contributed by atoms with Crippen molar-refractivity contribution >= 4 is 11.8 Å². The lowest BCUT2D eigenvalue weighted by atomic mass is 9.70. The molecule has 18 heteroatoms. The summed E-state index contributed by atoms with van der Waals surface area (Å²) in [5.41, 5.74) is 23.5. The molecule has 18 nitrogen and oxygen atoms in total. The molecule has 1 saturated carbocycles. The number of aliphatic hydroxyl groups is 5. The van der Waals surface area contributed by atoms with Crippen LogP contribution in [0.25, 0.3) is 0 Å². The smallest absolute Gasteiger partial charge is 0.332 e. The molecule has 13 atom stereocenters. The number of ketones is 1. The summed E-state index contributed by atoms with van der Waals surface area (Å²) in [6.07, 6.45) is -10.1. The van der Waals surface area contributed by atoms with E-state index in [9.17, 15) is 35.1 Å². The molecule has 278 valence electrons. The van der Waals surface area contributed by atoms with Gasteiger partial charge in [-0.25, -0.2) is 4.79 Å². The average Bonchev–Trinajstić information content (AvgIpc) is 2.98. The number of ether oxygens (including phenoxy) is 5. The molecule has 2 aliphatic heterocycles. The Bertz CT molecular complexity index is 1160. The van der Waals surface area contributed by atoms with Crippen molar-refractivity contribution in [3.63, 3.8) is 0 Å². The van der Waals surface area contributed by atoms with E-state index in [4.69, 9.17) is 52.4 Å². The third kappa shape index (κ3) is 8.02. The maximum Gasteiger partial charge on any atom is 0.332 e. The number of likely N-dealkylation sites (N-methyl/N-ethyl adjacent to an activating group) is 1. The summed E-state index contributed by atoms with van der Waals surface area (Å²) in [5.74, 6) is -1.67. The van der Waals surface area contributed by atoms with Gasteiger partial charge in [0.15, 0.2) is 17.6 Å². The van der Waals surface area contributed by atoms with Gasteiger partial charge >= 0.3 is 5.97 Å². The van der Waals surface area contributed by atoms with E-state index in [1.807, 2.05) is 0 Å². The maximum absolute atomic E-state index is 13.7. The second-order valence-corrected chi connectivity index (χ2v) is 14.1. The van der Waals surface area contributed by atoms with Crippen LogP contribution in [0.3, 0.4) is 0 Å². The Kier molecular flexibility index (Phi) is 13.1. The topological polar surface area (TPSA) is 324 Å². The largest absolute Gasteiger partial charge is 0.466 e. The highest BCUT2D eigenvalue weighted by Crippen LogP contribution is 2.40. The fraction of sp³-hybridized carbons (Fsp3) is 0.867. The van der Waals surface area contributed by atoms with E-state index in [1.165, 1.54) is 14.0 Å². The van der Waals surface area contributed by atoms with E-state index in [2.05, 4.69) is 5.32 Å². The van der Waals surface area contributed by atoms with E-state index < -0.39 is 108 Å². The molecule has 1 unspecified atom stereocenters. The molecule has 1 saturated heterocycles. The number of nitrogens with one attached hydrogen (secondary N) is 1. The van der Waals surface area contributed by atoms with Crippen molar-refractivity contribution < 1.29 is 58.8 Å². The number of esters is 1. The maximum atomic E-state index is 13.7. The molecular formula is C30H56N6O12. The number of hydrogen-bond acceptors (Lipinski definition) is 18. The van der Waals surface area contributed by atoms with Crippen molar-refractivity contribution in [2.75, 3.05) is 26.8 Å². The van der Waals surface area contributed by atoms with Crippen molar-refractivity contribution in [2.24, 2.45) is 28.7 Å². The predicted octanol–water partition coefficient (Wildman–Crippen LogP) is -4.74. The number of Topliss-reactive ketones (excluding diaryl/α,β-unsaturated/α-hetero) is 1. The molecular weight excluding hydrogens is 636 g/mol. The number of carbonyl (C=O) groups excluding carboxylic acids is 2. The van der Waals surface area contributed by atoms with Crippen LogP contribution in [0.4, 0.5) is 0 Å². The lowest BCUT2D eigenvalue weighted by Gasteiger charge is -2.54.